The van der Waals surface area contributed by atoms with E-state index in [1.165, 1.54) is 16.7 Å². The fourth-order valence-electron chi connectivity index (χ4n) is 3.06. The molecule has 31 heavy (non-hydrogen) atoms. The van der Waals surface area contributed by atoms with E-state index < -0.39 is 5.91 Å². The topological polar surface area (TPSA) is 114 Å². The van der Waals surface area contributed by atoms with Gasteiger partial charge in [0.25, 0.3) is 11.8 Å². The molecule has 0 saturated carbocycles. The second-order valence-electron chi connectivity index (χ2n) is 6.94. The van der Waals surface area contributed by atoms with Crippen LogP contribution in [0.5, 0.6) is 0 Å². The number of nitrogens with one attached hydrogen (secondary N) is 2. The van der Waals surface area contributed by atoms with Gasteiger partial charge in [-0.1, -0.05) is 23.4 Å². The van der Waals surface area contributed by atoms with Crippen LogP contribution in [-0.4, -0.2) is 31.3 Å². The molecule has 4 aromatic rings. The molecule has 158 valence electrons. The molecule has 0 aliphatic heterocycles. The first kappa shape index (κ1) is 20.2. The number of aromatic nitrogens is 4. The molecule has 0 unspecified atom stereocenters. The van der Waals surface area contributed by atoms with E-state index >= 15 is 0 Å². The van der Waals surface area contributed by atoms with Gasteiger partial charge < -0.3 is 15.2 Å². The molecule has 0 atom stereocenters. The molecule has 2 amide bonds. The van der Waals surface area contributed by atoms with Crippen molar-refractivity contribution in [2.45, 2.75) is 26.9 Å². The Balaban J connectivity index is 1.47. The maximum atomic E-state index is 13.4. The van der Waals surface area contributed by atoms with Gasteiger partial charge >= 0.3 is 0 Å². The highest BCUT2D eigenvalue weighted by Crippen LogP contribution is 2.12. The zero-order valence-corrected chi connectivity index (χ0v) is 16.8. The Morgan fingerprint density at radius 3 is 2.61 bits per heavy atom. The number of carbonyl (C=O) groups excluding carboxylic acids is 2. The van der Waals surface area contributed by atoms with Crippen LogP contribution in [0.1, 0.15) is 43.8 Å². The molecule has 1 aromatic carbocycles. The number of fused-ring (bicyclic) bond motifs is 1. The number of carbonyl (C=O) groups is 2. The number of rotatable bonds is 6. The molecule has 0 bridgehead atoms. The number of nitrogens with zero attached hydrogens (tertiary/aromatic N) is 4. The molecule has 3 aromatic heterocycles. The fourth-order valence-corrected chi connectivity index (χ4v) is 3.06. The summed E-state index contributed by atoms with van der Waals surface area (Å²) in [5.41, 5.74) is 2.19. The van der Waals surface area contributed by atoms with Gasteiger partial charge in [-0.05, 0) is 36.2 Å². The Labute approximate surface area is 176 Å². The minimum Gasteiger partial charge on any atom is -0.347 e. The highest BCUT2D eigenvalue weighted by Gasteiger charge is 2.16. The monoisotopic (exact) mass is 422 g/mol. The number of amides is 2. The molecule has 0 radical (unpaired) electrons. The zero-order valence-electron chi connectivity index (χ0n) is 16.8. The van der Waals surface area contributed by atoms with Crippen LogP contribution in [0.15, 0.2) is 47.1 Å². The summed E-state index contributed by atoms with van der Waals surface area (Å²) in [6.45, 7) is 3.65. The van der Waals surface area contributed by atoms with Crippen molar-refractivity contribution in [1.29, 1.82) is 0 Å². The van der Waals surface area contributed by atoms with E-state index in [0.29, 0.717) is 28.6 Å². The summed E-state index contributed by atoms with van der Waals surface area (Å²) in [6, 6.07) is 9.64. The Morgan fingerprint density at radius 2 is 1.87 bits per heavy atom. The summed E-state index contributed by atoms with van der Waals surface area (Å²) in [4.78, 5) is 33.5. The quantitative estimate of drug-likeness (QED) is 0.493. The molecule has 10 heteroatoms. The van der Waals surface area contributed by atoms with Crippen molar-refractivity contribution in [3.63, 3.8) is 0 Å². The minimum absolute atomic E-state index is 0.103. The normalized spacial score (nSPS) is 10.9. The molecule has 0 saturated heterocycles. The van der Waals surface area contributed by atoms with E-state index in [0.717, 1.165) is 5.56 Å². The molecule has 0 aliphatic rings. The van der Waals surface area contributed by atoms with Gasteiger partial charge in [0.1, 0.15) is 22.9 Å². The van der Waals surface area contributed by atoms with Crippen LogP contribution in [0.3, 0.4) is 0 Å². The van der Waals surface area contributed by atoms with E-state index in [4.69, 9.17) is 4.52 Å². The lowest BCUT2D eigenvalue weighted by Gasteiger charge is -2.05. The van der Waals surface area contributed by atoms with Crippen molar-refractivity contribution in [2.75, 3.05) is 0 Å². The first-order valence-corrected chi connectivity index (χ1v) is 9.49. The first-order valence-electron chi connectivity index (χ1n) is 9.49. The average Bonchev–Trinajstić information content (AvgIpc) is 3.38. The molecule has 0 fully saturated rings. The number of imidazole rings is 1. The van der Waals surface area contributed by atoms with Crippen LogP contribution >= 0.6 is 0 Å². The van der Waals surface area contributed by atoms with Crippen LogP contribution in [0, 0.1) is 19.7 Å². The van der Waals surface area contributed by atoms with Gasteiger partial charge in [-0.25, -0.2) is 9.37 Å². The number of hydrogen-bond donors (Lipinski definition) is 2. The van der Waals surface area contributed by atoms with E-state index in [2.05, 4.69) is 25.8 Å². The molecule has 4 rings (SSSR count). The lowest BCUT2D eigenvalue weighted by molar-refractivity contribution is 0.0934. The van der Waals surface area contributed by atoms with Crippen molar-refractivity contribution in [2.24, 2.45) is 0 Å². The van der Waals surface area contributed by atoms with Gasteiger partial charge in [0.15, 0.2) is 5.82 Å². The second kappa shape index (κ2) is 8.34. The Morgan fingerprint density at radius 1 is 1.06 bits per heavy atom. The maximum Gasteiger partial charge on any atom is 0.271 e. The van der Waals surface area contributed by atoms with Crippen LogP contribution in [0.25, 0.3) is 5.65 Å². The second-order valence-corrected chi connectivity index (χ2v) is 6.94. The smallest absolute Gasteiger partial charge is 0.271 e. The largest absolute Gasteiger partial charge is 0.347 e. The van der Waals surface area contributed by atoms with Crippen molar-refractivity contribution < 1.29 is 18.5 Å². The van der Waals surface area contributed by atoms with Crippen LogP contribution in [0.2, 0.25) is 0 Å². The van der Waals surface area contributed by atoms with E-state index in [-0.39, 0.29) is 30.5 Å². The van der Waals surface area contributed by atoms with Gasteiger partial charge in [-0.15, -0.1) is 0 Å². The minimum atomic E-state index is -0.403. The van der Waals surface area contributed by atoms with Crippen LogP contribution in [0.4, 0.5) is 4.39 Å². The Kier molecular flexibility index (Phi) is 5.44. The van der Waals surface area contributed by atoms with Gasteiger partial charge in [0.2, 0.25) is 5.89 Å². The summed E-state index contributed by atoms with van der Waals surface area (Å²) in [5.74, 6) is -0.304. The summed E-state index contributed by atoms with van der Waals surface area (Å²) >= 11 is 0. The van der Waals surface area contributed by atoms with Gasteiger partial charge in [0.05, 0.1) is 6.54 Å². The lowest BCUT2D eigenvalue weighted by Crippen LogP contribution is -2.25. The Hall–Kier alpha value is -4.08. The van der Waals surface area contributed by atoms with E-state index in [9.17, 15) is 14.0 Å². The molecule has 9 nitrogen and oxygen atoms in total. The van der Waals surface area contributed by atoms with Crippen molar-refractivity contribution in [3.05, 3.63) is 82.6 Å². The van der Waals surface area contributed by atoms with Gasteiger partial charge in [0, 0.05) is 19.7 Å². The summed E-state index contributed by atoms with van der Waals surface area (Å²) in [7, 11) is 0. The fraction of sp³-hybridized carbons (Fsp3) is 0.190. The van der Waals surface area contributed by atoms with Crippen molar-refractivity contribution >= 4 is 17.5 Å². The molecular formula is C21H19FN6O3. The van der Waals surface area contributed by atoms with Gasteiger partial charge in [-0.3, -0.25) is 14.0 Å². The predicted molar refractivity (Wildman–Crippen MR) is 108 cm³/mol. The third-order valence-electron chi connectivity index (χ3n) is 4.61. The molecule has 2 N–H and O–H groups in total. The highest BCUT2D eigenvalue weighted by atomic mass is 19.1. The summed E-state index contributed by atoms with van der Waals surface area (Å²) in [5, 5.41) is 9.20. The van der Waals surface area contributed by atoms with Crippen LogP contribution < -0.4 is 10.6 Å². The van der Waals surface area contributed by atoms with E-state index in [1.807, 2.05) is 0 Å². The predicted octanol–water partition coefficient (Wildman–Crippen LogP) is 2.33. The Bertz CT molecular complexity index is 1280. The van der Waals surface area contributed by atoms with Crippen LogP contribution in [-0.2, 0) is 13.1 Å². The SMILES string of the molecule is Cc1nc(CNC(=O)c2cccc3nc(C(=O)NCc4ccc(F)c(C)c4)cn23)no1. The summed E-state index contributed by atoms with van der Waals surface area (Å²) < 4.78 is 19.8. The number of benzene rings is 1. The zero-order chi connectivity index (χ0) is 22.0. The number of halogens is 1. The van der Waals surface area contributed by atoms with Crippen molar-refractivity contribution in [1.82, 2.24) is 30.2 Å². The lowest BCUT2D eigenvalue weighted by atomic mass is 10.1. The molecule has 0 spiro atoms. The average molecular weight is 422 g/mol. The third kappa shape index (κ3) is 4.42. The highest BCUT2D eigenvalue weighted by molar-refractivity contribution is 5.95. The number of hydrogen-bond acceptors (Lipinski definition) is 6. The maximum absolute atomic E-state index is 13.4. The summed E-state index contributed by atoms with van der Waals surface area (Å²) in [6.07, 6.45) is 1.49. The third-order valence-corrected chi connectivity index (χ3v) is 4.61. The molecule has 3 heterocycles. The standard InChI is InChI=1S/C21H19FN6O3/c1-12-8-14(6-7-15(12)22)9-23-20(29)16-11-28-17(4-3-5-19(28)26-16)21(30)24-10-18-25-13(2)31-27-18/h3-8,11H,9-10H2,1-2H3,(H,23,29)(H,24,30). The van der Waals surface area contributed by atoms with Crippen molar-refractivity contribution in [3.8, 4) is 0 Å². The van der Waals surface area contributed by atoms with E-state index in [1.54, 1.807) is 44.2 Å². The first-order chi connectivity index (χ1) is 14.9. The number of pyridine rings is 1. The molecular weight excluding hydrogens is 403 g/mol. The van der Waals surface area contributed by atoms with Gasteiger partial charge in [-0.2, -0.15) is 4.98 Å². The molecule has 0 aliphatic carbocycles. The number of aryl methyl sites for hydroxylation is 2.